The molecule has 1 aromatic heterocycles. The number of benzene rings is 2. The Kier molecular flexibility index (Phi) is 5.27. The molecule has 3 rings (SSSR count). The number of aromatic nitrogens is 1. The van der Waals surface area contributed by atoms with E-state index >= 15 is 0 Å². The predicted molar refractivity (Wildman–Crippen MR) is 101 cm³/mol. The number of hydrogen-bond donors (Lipinski definition) is 2. The molecule has 2 N–H and O–H groups in total. The molecule has 0 radical (unpaired) electrons. The van der Waals surface area contributed by atoms with Crippen LogP contribution in [0.25, 0.3) is 0 Å². The Morgan fingerprint density at radius 3 is 2.36 bits per heavy atom. The fourth-order valence-electron chi connectivity index (χ4n) is 2.83. The van der Waals surface area contributed by atoms with Crippen LogP contribution < -0.4 is 0 Å². The summed E-state index contributed by atoms with van der Waals surface area (Å²) in [6.07, 6.45) is 1.46. The van der Waals surface area contributed by atoms with Crippen molar-refractivity contribution in [1.29, 1.82) is 0 Å². The van der Waals surface area contributed by atoms with Gasteiger partial charge < -0.3 is 10.2 Å². The van der Waals surface area contributed by atoms with Crippen molar-refractivity contribution in [3.05, 3.63) is 99.6 Å². The van der Waals surface area contributed by atoms with Gasteiger partial charge in [-0.1, -0.05) is 17.7 Å². The second-order valence-electron chi connectivity index (χ2n) is 6.31. The summed E-state index contributed by atoms with van der Waals surface area (Å²) in [4.78, 5) is 28.5. The van der Waals surface area contributed by atoms with Gasteiger partial charge in [-0.3, -0.25) is 9.78 Å². The number of pyridine rings is 1. The summed E-state index contributed by atoms with van der Waals surface area (Å²) in [5.74, 6) is -3.34. The number of aliphatic hydroxyl groups is 1. The first kappa shape index (κ1) is 19.7. The van der Waals surface area contributed by atoms with Crippen molar-refractivity contribution in [2.24, 2.45) is 0 Å². The van der Waals surface area contributed by atoms with E-state index in [9.17, 15) is 24.2 Å². The van der Waals surface area contributed by atoms with Gasteiger partial charge in [-0.25, -0.2) is 9.18 Å². The SMILES string of the molecule is CC(O)(c1cc(F)c(C(=O)c2ccc(Cl)cc2)c(C(=O)O)c1)c1ccccn1. The number of nitrogens with zero attached hydrogens (tertiary/aromatic N) is 1. The lowest BCUT2D eigenvalue weighted by Gasteiger charge is -2.24. The molecule has 28 heavy (non-hydrogen) atoms. The van der Waals surface area contributed by atoms with Crippen molar-refractivity contribution >= 4 is 23.4 Å². The number of rotatable bonds is 5. The van der Waals surface area contributed by atoms with Crippen LogP contribution in [0.15, 0.2) is 60.8 Å². The van der Waals surface area contributed by atoms with Gasteiger partial charge in [0, 0.05) is 16.8 Å². The number of aromatic carboxylic acids is 1. The van der Waals surface area contributed by atoms with Crippen molar-refractivity contribution in [2.45, 2.75) is 12.5 Å². The van der Waals surface area contributed by atoms with Crippen LogP contribution in [0.3, 0.4) is 0 Å². The lowest BCUT2D eigenvalue weighted by Crippen LogP contribution is -2.26. The molecule has 0 aliphatic heterocycles. The highest BCUT2D eigenvalue weighted by Crippen LogP contribution is 2.31. The molecule has 3 aromatic rings. The van der Waals surface area contributed by atoms with Crippen LogP contribution in [-0.2, 0) is 5.60 Å². The van der Waals surface area contributed by atoms with Crippen LogP contribution in [0.5, 0.6) is 0 Å². The van der Waals surface area contributed by atoms with Gasteiger partial charge in [-0.05, 0) is 61.0 Å². The van der Waals surface area contributed by atoms with E-state index in [1.165, 1.54) is 43.5 Å². The Balaban J connectivity index is 2.15. The van der Waals surface area contributed by atoms with E-state index < -0.39 is 34.3 Å². The standard InChI is InChI=1S/C21H15ClFNO4/c1-21(28,17-4-2-3-9-24-17)13-10-15(20(26)27)18(16(23)11-13)19(25)12-5-7-14(22)8-6-12/h2-11,28H,1H3,(H,26,27). The third kappa shape index (κ3) is 3.65. The molecule has 142 valence electrons. The third-order valence-electron chi connectivity index (χ3n) is 4.38. The second-order valence-corrected chi connectivity index (χ2v) is 6.75. The van der Waals surface area contributed by atoms with Gasteiger partial charge in [0.05, 0.1) is 16.8 Å². The van der Waals surface area contributed by atoms with Crippen molar-refractivity contribution in [1.82, 2.24) is 4.98 Å². The molecule has 7 heteroatoms. The quantitative estimate of drug-likeness (QED) is 0.632. The van der Waals surface area contributed by atoms with Crippen LogP contribution in [0.4, 0.5) is 4.39 Å². The van der Waals surface area contributed by atoms with Crippen LogP contribution >= 0.6 is 11.6 Å². The number of carbonyl (C=O) groups is 2. The number of hydrogen-bond acceptors (Lipinski definition) is 4. The highest BCUT2D eigenvalue weighted by atomic mass is 35.5. The van der Waals surface area contributed by atoms with Crippen LogP contribution in [0.1, 0.15) is 44.5 Å². The molecule has 5 nitrogen and oxygen atoms in total. The number of halogens is 2. The Morgan fingerprint density at radius 2 is 1.79 bits per heavy atom. The molecule has 0 aliphatic carbocycles. The molecule has 0 spiro atoms. The van der Waals surface area contributed by atoms with E-state index in [1.807, 2.05) is 0 Å². The summed E-state index contributed by atoms with van der Waals surface area (Å²) in [5.41, 5.74) is -2.62. The maximum Gasteiger partial charge on any atom is 0.336 e. The Labute approximate surface area is 165 Å². The van der Waals surface area contributed by atoms with Gasteiger partial charge in [-0.2, -0.15) is 0 Å². The van der Waals surface area contributed by atoms with Crippen molar-refractivity contribution < 1.29 is 24.2 Å². The van der Waals surface area contributed by atoms with E-state index in [2.05, 4.69) is 4.98 Å². The van der Waals surface area contributed by atoms with Gasteiger partial charge in [0.2, 0.25) is 0 Å². The molecule has 0 saturated carbocycles. The summed E-state index contributed by atoms with van der Waals surface area (Å²) in [6.45, 7) is 1.37. The summed E-state index contributed by atoms with van der Waals surface area (Å²) in [7, 11) is 0. The molecule has 0 saturated heterocycles. The fourth-order valence-corrected chi connectivity index (χ4v) is 2.96. The lowest BCUT2D eigenvalue weighted by molar-refractivity contribution is 0.0690. The minimum atomic E-state index is -1.76. The highest BCUT2D eigenvalue weighted by Gasteiger charge is 2.32. The first-order valence-corrected chi connectivity index (χ1v) is 8.61. The number of ketones is 1. The number of carbonyl (C=O) groups excluding carboxylic acids is 1. The minimum absolute atomic E-state index is 0.0336. The molecule has 2 aromatic carbocycles. The average molecular weight is 400 g/mol. The van der Waals surface area contributed by atoms with Crippen LogP contribution in [-0.4, -0.2) is 26.9 Å². The number of carboxylic acid groups (broad SMARTS) is 1. The Morgan fingerprint density at radius 1 is 1.11 bits per heavy atom. The molecule has 0 fully saturated rings. The summed E-state index contributed by atoms with van der Waals surface area (Å²) in [6, 6.07) is 12.5. The predicted octanol–water partition coefficient (Wildman–Crippen LogP) is 4.06. The first-order valence-electron chi connectivity index (χ1n) is 8.23. The normalized spacial score (nSPS) is 13.0. The second kappa shape index (κ2) is 7.50. The van der Waals surface area contributed by atoms with Gasteiger partial charge >= 0.3 is 5.97 Å². The first-order chi connectivity index (χ1) is 13.2. The lowest BCUT2D eigenvalue weighted by atomic mass is 9.87. The molecule has 1 unspecified atom stereocenters. The molecule has 1 atom stereocenters. The zero-order chi connectivity index (χ0) is 20.5. The summed E-state index contributed by atoms with van der Waals surface area (Å²) in [5, 5.41) is 20.8. The van der Waals surface area contributed by atoms with E-state index in [-0.39, 0.29) is 16.8 Å². The summed E-state index contributed by atoms with van der Waals surface area (Å²) < 4.78 is 14.9. The van der Waals surface area contributed by atoms with E-state index in [1.54, 1.807) is 12.1 Å². The van der Waals surface area contributed by atoms with E-state index in [0.717, 1.165) is 12.1 Å². The van der Waals surface area contributed by atoms with Crippen molar-refractivity contribution in [2.75, 3.05) is 0 Å². The molecule has 1 heterocycles. The zero-order valence-corrected chi connectivity index (χ0v) is 15.4. The van der Waals surface area contributed by atoms with Gasteiger partial charge in [0.1, 0.15) is 11.4 Å². The van der Waals surface area contributed by atoms with Crippen LogP contribution in [0.2, 0.25) is 5.02 Å². The van der Waals surface area contributed by atoms with Crippen molar-refractivity contribution in [3.63, 3.8) is 0 Å². The third-order valence-corrected chi connectivity index (χ3v) is 4.63. The monoisotopic (exact) mass is 399 g/mol. The van der Waals surface area contributed by atoms with Gasteiger partial charge in [0.15, 0.2) is 5.78 Å². The van der Waals surface area contributed by atoms with E-state index in [4.69, 9.17) is 11.6 Å². The Hall–Kier alpha value is -3.09. The fraction of sp³-hybridized carbons (Fsp3) is 0.0952. The maximum atomic E-state index is 14.9. The molecule has 0 aliphatic rings. The average Bonchev–Trinajstić information content (AvgIpc) is 2.68. The number of carboxylic acids is 1. The molecular formula is C21H15ClFNO4. The van der Waals surface area contributed by atoms with Gasteiger partial charge in [-0.15, -0.1) is 0 Å². The largest absolute Gasteiger partial charge is 0.478 e. The topological polar surface area (TPSA) is 87.5 Å². The van der Waals surface area contributed by atoms with Crippen molar-refractivity contribution in [3.8, 4) is 0 Å². The van der Waals surface area contributed by atoms with Crippen LogP contribution in [0, 0.1) is 5.82 Å². The molecular weight excluding hydrogens is 385 g/mol. The smallest absolute Gasteiger partial charge is 0.336 e. The molecule has 0 bridgehead atoms. The Bertz CT molecular complexity index is 1050. The highest BCUT2D eigenvalue weighted by molar-refractivity contribution is 6.30. The molecule has 0 amide bonds. The van der Waals surface area contributed by atoms with Gasteiger partial charge in [0.25, 0.3) is 0 Å². The maximum absolute atomic E-state index is 14.9. The van der Waals surface area contributed by atoms with E-state index in [0.29, 0.717) is 5.02 Å². The zero-order valence-electron chi connectivity index (χ0n) is 14.7. The minimum Gasteiger partial charge on any atom is -0.478 e. The summed E-state index contributed by atoms with van der Waals surface area (Å²) >= 11 is 5.79.